The van der Waals surface area contributed by atoms with E-state index in [-0.39, 0.29) is 6.61 Å². The Morgan fingerprint density at radius 2 is 2.44 bits per heavy atom. The number of hydrazine groups is 1. The SMILES string of the molecule is Cc1nc(NNC=O)sc1CCO[N+](=O)[O-]. The molecule has 0 aliphatic rings. The molecular formula is C7H10N4O4S. The molecule has 0 aliphatic carbocycles. The second kappa shape index (κ2) is 5.85. The first-order valence-corrected chi connectivity index (χ1v) is 5.14. The zero-order chi connectivity index (χ0) is 12.0. The average molecular weight is 246 g/mol. The van der Waals surface area contributed by atoms with Crippen LogP contribution in [0.4, 0.5) is 5.13 Å². The standard InChI is InChI=1S/C7H10N4O4S/c1-5-6(2-3-15-11(13)14)16-7(9-5)10-8-4-12/h4H,2-3H2,1H3,(H,8,12)(H,9,10). The van der Waals surface area contributed by atoms with Crippen molar-refractivity contribution >= 4 is 22.9 Å². The van der Waals surface area contributed by atoms with Crippen LogP contribution in [-0.2, 0) is 16.1 Å². The highest BCUT2D eigenvalue weighted by molar-refractivity contribution is 7.15. The molecule has 0 atom stereocenters. The molecule has 0 fully saturated rings. The number of carbonyl (C=O) groups excluding carboxylic acids is 1. The normalized spacial score (nSPS) is 9.56. The van der Waals surface area contributed by atoms with E-state index < -0.39 is 5.09 Å². The van der Waals surface area contributed by atoms with E-state index >= 15 is 0 Å². The smallest absolute Gasteiger partial charge is 0.294 e. The van der Waals surface area contributed by atoms with Gasteiger partial charge in [0.15, 0.2) is 0 Å². The van der Waals surface area contributed by atoms with Gasteiger partial charge >= 0.3 is 0 Å². The summed E-state index contributed by atoms with van der Waals surface area (Å²) in [6.45, 7) is 1.78. The lowest BCUT2D eigenvalue weighted by Gasteiger charge is -1.97. The molecule has 1 aromatic heterocycles. The van der Waals surface area contributed by atoms with Gasteiger partial charge in [0.25, 0.3) is 5.09 Å². The lowest BCUT2D eigenvalue weighted by atomic mass is 10.3. The quantitative estimate of drug-likeness (QED) is 0.406. The van der Waals surface area contributed by atoms with Crippen molar-refractivity contribution in [3.8, 4) is 0 Å². The molecule has 2 N–H and O–H groups in total. The molecule has 0 bridgehead atoms. The minimum Gasteiger partial charge on any atom is -0.314 e. The zero-order valence-electron chi connectivity index (χ0n) is 8.43. The summed E-state index contributed by atoms with van der Waals surface area (Å²) in [5.74, 6) is 0. The van der Waals surface area contributed by atoms with Gasteiger partial charge in [-0.2, -0.15) is 0 Å². The maximum absolute atomic E-state index is 10.0. The summed E-state index contributed by atoms with van der Waals surface area (Å²) >= 11 is 1.30. The molecule has 0 radical (unpaired) electrons. The highest BCUT2D eigenvalue weighted by Crippen LogP contribution is 2.22. The second-order valence-corrected chi connectivity index (χ2v) is 3.81. The van der Waals surface area contributed by atoms with Crippen LogP contribution in [0.1, 0.15) is 10.6 Å². The van der Waals surface area contributed by atoms with Crippen molar-refractivity contribution in [1.29, 1.82) is 0 Å². The average Bonchev–Trinajstić information content (AvgIpc) is 2.56. The molecule has 1 amide bonds. The number of nitrogens with zero attached hydrogens (tertiary/aromatic N) is 2. The van der Waals surface area contributed by atoms with Crippen LogP contribution in [0.25, 0.3) is 0 Å². The first-order chi connectivity index (χ1) is 7.63. The summed E-state index contributed by atoms with van der Waals surface area (Å²) in [6, 6.07) is 0. The Hall–Kier alpha value is -1.90. The summed E-state index contributed by atoms with van der Waals surface area (Å²) in [6.07, 6.45) is 0.902. The van der Waals surface area contributed by atoms with E-state index in [0.29, 0.717) is 18.0 Å². The van der Waals surface area contributed by atoms with Crippen molar-refractivity contribution in [3.05, 3.63) is 20.7 Å². The Morgan fingerprint density at radius 1 is 1.69 bits per heavy atom. The number of anilines is 1. The van der Waals surface area contributed by atoms with Crippen LogP contribution in [0.3, 0.4) is 0 Å². The Morgan fingerprint density at radius 3 is 3.06 bits per heavy atom. The first kappa shape index (κ1) is 12.2. The number of aromatic nitrogens is 1. The summed E-state index contributed by atoms with van der Waals surface area (Å²) < 4.78 is 0. The van der Waals surface area contributed by atoms with E-state index in [4.69, 9.17) is 0 Å². The zero-order valence-corrected chi connectivity index (χ0v) is 9.24. The van der Waals surface area contributed by atoms with Crippen LogP contribution in [0.15, 0.2) is 0 Å². The molecule has 9 heteroatoms. The van der Waals surface area contributed by atoms with Crippen LogP contribution in [-0.4, -0.2) is 23.1 Å². The number of amides is 1. The van der Waals surface area contributed by atoms with E-state index in [2.05, 4.69) is 20.7 Å². The van der Waals surface area contributed by atoms with Gasteiger partial charge in [0.2, 0.25) is 11.5 Å². The molecular weight excluding hydrogens is 236 g/mol. The fourth-order valence-corrected chi connectivity index (χ4v) is 1.92. The molecule has 0 saturated carbocycles. The third kappa shape index (κ3) is 3.69. The van der Waals surface area contributed by atoms with Gasteiger partial charge in [-0.25, -0.2) is 4.98 Å². The molecule has 0 spiro atoms. The summed E-state index contributed by atoms with van der Waals surface area (Å²) in [4.78, 5) is 29.1. The predicted octanol–water partition coefficient (Wildman–Crippen LogP) is 0.275. The topological polar surface area (TPSA) is 106 Å². The molecule has 1 aromatic rings. The van der Waals surface area contributed by atoms with Crippen molar-refractivity contribution in [3.63, 3.8) is 0 Å². The lowest BCUT2D eigenvalue weighted by molar-refractivity contribution is -0.757. The van der Waals surface area contributed by atoms with Gasteiger partial charge in [0, 0.05) is 11.3 Å². The van der Waals surface area contributed by atoms with Gasteiger partial charge in [-0.3, -0.25) is 15.6 Å². The van der Waals surface area contributed by atoms with Gasteiger partial charge in [0.05, 0.1) is 5.69 Å². The van der Waals surface area contributed by atoms with E-state index in [1.54, 1.807) is 6.92 Å². The van der Waals surface area contributed by atoms with Crippen molar-refractivity contribution in [2.24, 2.45) is 0 Å². The molecule has 0 unspecified atom stereocenters. The number of aryl methyl sites for hydroxylation is 1. The van der Waals surface area contributed by atoms with Gasteiger partial charge in [-0.05, 0) is 6.92 Å². The predicted molar refractivity (Wildman–Crippen MR) is 56.3 cm³/mol. The lowest BCUT2D eigenvalue weighted by Crippen LogP contribution is -2.18. The fraction of sp³-hybridized carbons (Fsp3) is 0.429. The number of hydrogen-bond donors (Lipinski definition) is 2. The number of hydrogen-bond acceptors (Lipinski definition) is 7. The third-order valence-corrected chi connectivity index (χ3v) is 2.79. The summed E-state index contributed by atoms with van der Waals surface area (Å²) in [7, 11) is 0. The van der Waals surface area contributed by atoms with E-state index in [1.807, 2.05) is 0 Å². The van der Waals surface area contributed by atoms with E-state index in [1.165, 1.54) is 11.3 Å². The fourth-order valence-electron chi connectivity index (χ4n) is 1.02. The van der Waals surface area contributed by atoms with E-state index in [0.717, 1.165) is 10.6 Å². The molecule has 1 rings (SSSR count). The summed E-state index contributed by atoms with van der Waals surface area (Å²) in [5, 5.41) is 9.63. The van der Waals surface area contributed by atoms with Crippen molar-refractivity contribution < 1.29 is 14.7 Å². The molecule has 1 heterocycles. The minimum absolute atomic E-state index is 0.00339. The summed E-state index contributed by atoms with van der Waals surface area (Å²) in [5.41, 5.74) is 5.58. The van der Waals surface area contributed by atoms with Crippen molar-refractivity contribution in [1.82, 2.24) is 10.4 Å². The number of nitrogens with one attached hydrogen (secondary N) is 2. The van der Waals surface area contributed by atoms with Crippen LogP contribution in [0.5, 0.6) is 0 Å². The maximum atomic E-state index is 10.0. The van der Waals surface area contributed by atoms with E-state index in [9.17, 15) is 14.9 Å². The Bertz CT molecular complexity index is 380. The van der Waals surface area contributed by atoms with Crippen molar-refractivity contribution in [2.75, 3.05) is 12.0 Å². The van der Waals surface area contributed by atoms with Gasteiger partial charge < -0.3 is 4.84 Å². The minimum atomic E-state index is -0.830. The van der Waals surface area contributed by atoms with Crippen LogP contribution in [0, 0.1) is 17.0 Å². The number of rotatable bonds is 7. The third-order valence-electron chi connectivity index (χ3n) is 1.66. The van der Waals surface area contributed by atoms with Crippen LogP contribution in [0.2, 0.25) is 0 Å². The Balaban J connectivity index is 2.49. The van der Waals surface area contributed by atoms with Gasteiger partial charge in [0.1, 0.15) is 6.61 Å². The number of carbonyl (C=O) groups is 1. The monoisotopic (exact) mass is 246 g/mol. The van der Waals surface area contributed by atoms with Gasteiger partial charge in [-0.1, -0.05) is 0 Å². The highest BCUT2D eigenvalue weighted by atomic mass is 32.1. The Kier molecular flexibility index (Phi) is 4.45. The van der Waals surface area contributed by atoms with Gasteiger partial charge in [-0.15, -0.1) is 21.5 Å². The molecule has 8 nitrogen and oxygen atoms in total. The van der Waals surface area contributed by atoms with Crippen LogP contribution >= 0.6 is 11.3 Å². The second-order valence-electron chi connectivity index (χ2n) is 2.72. The van der Waals surface area contributed by atoms with Crippen molar-refractivity contribution in [2.45, 2.75) is 13.3 Å². The van der Waals surface area contributed by atoms with Crippen LogP contribution < -0.4 is 10.9 Å². The maximum Gasteiger partial charge on any atom is 0.294 e. The first-order valence-electron chi connectivity index (χ1n) is 4.32. The molecule has 16 heavy (non-hydrogen) atoms. The Labute approximate surface area is 94.7 Å². The molecule has 0 saturated heterocycles. The molecule has 0 aromatic carbocycles. The highest BCUT2D eigenvalue weighted by Gasteiger charge is 2.07. The number of thiazole rings is 1. The largest absolute Gasteiger partial charge is 0.314 e. The molecule has 0 aliphatic heterocycles. The molecule has 88 valence electrons.